The lowest BCUT2D eigenvalue weighted by molar-refractivity contribution is -0.384. The van der Waals surface area contributed by atoms with E-state index in [2.05, 4.69) is 0 Å². The Labute approximate surface area is 163 Å². The average Bonchev–Trinajstić information content (AvgIpc) is 3.40. The fourth-order valence-corrected chi connectivity index (χ4v) is 5.49. The summed E-state index contributed by atoms with van der Waals surface area (Å²) in [6.45, 7) is 2.53. The average molecular weight is 400 g/mol. The number of nitro benzene ring substituents is 1. The van der Waals surface area contributed by atoms with Crippen LogP contribution < -0.4 is 4.90 Å². The summed E-state index contributed by atoms with van der Waals surface area (Å²) in [6, 6.07) is 11.1. The van der Waals surface area contributed by atoms with Crippen LogP contribution in [0.15, 0.2) is 42.5 Å². The Morgan fingerprint density at radius 1 is 1.11 bits per heavy atom. The lowest BCUT2D eigenvalue weighted by atomic mass is 9.96. The molecule has 0 N–H and O–H groups in total. The van der Waals surface area contributed by atoms with Gasteiger partial charge in [0, 0.05) is 24.4 Å². The SMILES string of the molecule is CCN1C(=O)C2(CC2)c2cc(CS(=O)(=O)Cc3cccc([N+](=O)[O-])c3)ccc21. The second kappa shape index (κ2) is 6.41. The maximum Gasteiger partial charge on any atom is 0.269 e. The first-order chi connectivity index (χ1) is 13.3. The van der Waals surface area contributed by atoms with Gasteiger partial charge in [0.25, 0.3) is 5.69 Å². The second-order valence-electron chi connectivity index (χ2n) is 7.44. The first-order valence-electron chi connectivity index (χ1n) is 9.15. The number of sulfone groups is 1. The second-order valence-corrected chi connectivity index (χ2v) is 9.51. The van der Waals surface area contributed by atoms with Gasteiger partial charge in [0.15, 0.2) is 9.84 Å². The Morgan fingerprint density at radius 3 is 2.39 bits per heavy atom. The zero-order chi connectivity index (χ0) is 20.1. The number of nitro groups is 1. The largest absolute Gasteiger partial charge is 0.312 e. The molecule has 2 aromatic carbocycles. The van der Waals surface area contributed by atoms with Gasteiger partial charge in [-0.15, -0.1) is 0 Å². The van der Waals surface area contributed by atoms with Crippen LogP contribution in [0.4, 0.5) is 11.4 Å². The standard InChI is InChI=1S/C20H20N2O5S/c1-2-21-18-7-6-15(11-17(18)20(8-9-20)19(21)23)13-28(26,27)12-14-4-3-5-16(10-14)22(24)25/h3-7,10-11H,2,8-9,12-13H2,1H3. The van der Waals surface area contributed by atoms with Gasteiger partial charge in [-0.2, -0.15) is 0 Å². The van der Waals surface area contributed by atoms with Crippen molar-refractivity contribution in [3.05, 3.63) is 69.3 Å². The number of anilines is 1. The van der Waals surface area contributed by atoms with Crippen molar-refractivity contribution in [2.45, 2.75) is 36.7 Å². The summed E-state index contributed by atoms with van der Waals surface area (Å²) in [6.07, 6.45) is 1.61. The van der Waals surface area contributed by atoms with Crippen molar-refractivity contribution < 1.29 is 18.1 Å². The Balaban J connectivity index is 1.58. The molecule has 1 amide bonds. The Bertz CT molecular complexity index is 1090. The van der Waals surface area contributed by atoms with Crippen molar-refractivity contribution in [1.82, 2.24) is 0 Å². The van der Waals surface area contributed by atoms with Gasteiger partial charge in [-0.3, -0.25) is 14.9 Å². The molecule has 28 heavy (non-hydrogen) atoms. The summed E-state index contributed by atoms with van der Waals surface area (Å²) in [5.74, 6) is -0.322. The van der Waals surface area contributed by atoms with E-state index >= 15 is 0 Å². The van der Waals surface area contributed by atoms with Crippen LogP contribution in [0.2, 0.25) is 0 Å². The fourth-order valence-electron chi connectivity index (χ4n) is 4.02. The van der Waals surface area contributed by atoms with E-state index < -0.39 is 20.2 Å². The van der Waals surface area contributed by atoms with Crippen LogP contribution >= 0.6 is 0 Å². The van der Waals surface area contributed by atoms with Crippen LogP contribution in [0.5, 0.6) is 0 Å². The van der Waals surface area contributed by atoms with E-state index in [1.165, 1.54) is 18.2 Å². The molecule has 8 heteroatoms. The minimum absolute atomic E-state index is 0.113. The fraction of sp³-hybridized carbons (Fsp3) is 0.350. The molecule has 4 rings (SSSR count). The zero-order valence-corrected chi connectivity index (χ0v) is 16.2. The minimum Gasteiger partial charge on any atom is -0.312 e. The van der Waals surface area contributed by atoms with Crippen LogP contribution in [-0.4, -0.2) is 25.8 Å². The van der Waals surface area contributed by atoms with Crippen LogP contribution in [0.25, 0.3) is 0 Å². The van der Waals surface area contributed by atoms with Crippen LogP contribution in [0.3, 0.4) is 0 Å². The summed E-state index contributed by atoms with van der Waals surface area (Å²) in [5, 5.41) is 10.9. The predicted octanol–water partition coefficient (Wildman–Crippen LogP) is 3.11. The number of carbonyl (C=O) groups excluding carboxylic acids is 1. The van der Waals surface area contributed by atoms with Gasteiger partial charge in [-0.25, -0.2) is 8.42 Å². The highest BCUT2D eigenvalue weighted by Crippen LogP contribution is 2.57. The van der Waals surface area contributed by atoms with E-state index in [-0.39, 0.29) is 23.1 Å². The molecule has 0 radical (unpaired) electrons. The molecule has 7 nitrogen and oxygen atoms in total. The first kappa shape index (κ1) is 18.6. The molecule has 0 saturated heterocycles. The molecule has 1 fully saturated rings. The van der Waals surface area contributed by atoms with E-state index in [4.69, 9.17) is 0 Å². The summed E-state index contributed by atoms with van der Waals surface area (Å²) in [7, 11) is -3.52. The lowest BCUT2D eigenvalue weighted by Gasteiger charge is -2.15. The Kier molecular flexibility index (Phi) is 4.26. The minimum atomic E-state index is -3.52. The highest BCUT2D eigenvalue weighted by atomic mass is 32.2. The number of benzene rings is 2. The van der Waals surface area contributed by atoms with E-state index in [9.17, 15) is 23.3 Å². The number of fused-ring (bicyclic) bond motifs is 2. The zero-order valence-electron chi connectivity index (χ0n) is 15.4. The number of rotatable bonds is 6. The molecule has 146 valence electrons. The van der Waals surface area contributed by atoms with Crippen molar-refractivity contribution in [3.63, 3.8) is 0 Å². The van der Waals surface area contributed by atoms with Gasteiger partial charge in [0.05, 0.1) is 21.8 Å². The van der Waals surface area contributed by atoms with Gasteiger partial charge >= 0.3 is 0 Å². The number of hydrogen-bond acceptors (Lipinski definition) is 5. The highest BCUT2D eigenvalue weighted by molar-refractivity contribution is 7.89. The number of non-ortho nitro benzene ring substituents is 1. The maximum atomic E-state index is 12.7. The van der Waals surface area contributed by atoms with E-state index in [1.54, 1.807) is 17.0 Å². The molecule has 1 aliphatic heterocycles. The van der Waals surface area contributed by atoms with Crippen molar-refractivity contribution in [3.8, 4) is 0 Å². The maximum absolute atomic E-state index is 12.7. The number of hydrogen-bond donors (Lipinski definition) is 0. The smallest absolute Gasteiger partial charge is 0.269 e. The van der Waals surface area contributed by atoms with Gasteiger partial charge in [0.1, 0.15) is 0 Å². The van der Waals surface area contributed by atoms with Gasteiger partial charge in [-0.1, -0.05) is 24.3 Å². The predicted molar refractivity (Wildman–Crippen MR) is 105 cm³/mol. The van der Waals surface area contributed by atoms with Crippen molar-refractivity contribution in [2.24, 2.45) is 0 Å². The molecule has 0 atom stereocenters. The summed E-state index contributed by atoms with van der Waals surface area (Å²) < 4.78 is 25.3. The lowest BCUT2D eigenvalue weighted by Crippen LogP contribution is -2.31. The molecule has 1 spiro atoms. The highest BCUT2D eigenvalue weighted by Gasteiger charge is 2.58. The summed E-state index contributed by atoms with van der Waals surface area (Å²) in [5.41, 5.74) is 2.26. The monoisotopic (exact) mass is 400 g/mol. The molecule has 2 aliphatic rings. The van der Waals surface area contributed by atoms with E-state index in [0.717, 1.165) is 24.1 Å². The van der Waals surface area contributed by atoms with Crippen molar-refractivity contribution in [2.75, 3.05) is 11.4 Å². The molecule has 1 saturated carbocycles. The molecule has 1 heterocycles. The van der Waals surface area contributed by atoms with Gasteiger partial charge in [-0.05, 0) is 42.5 Å². The normalized spacial score (nSPS) is 17.0. The van der Waals surface area contributed by atoms with Gasteiger partial charge in [0.2, 0.25) is 5.91 Å². The third-order valence-corrected chi connectivity index (χ3v) is 7.03. The topological polar surface area (TPSA) is 97.6 Å². The van der Waals surface area contributed by atoms with Crippen molar-refractivity contribution >= 4 is 27.1 Å². The molecule has 2 aromatic rings. The van der Waals surface area contributed by atoms with Crippen molar-refractivity contribution in [1.29, 1.82) is 0 Å². The van der Waals surface area contributed by atoms with Crippen LogP contribution in [0, 0.1) is 10.1 Å². The van der Waals surface area contributed by atoms with E-state index in [0.29, 0.717) is 17.7 Å². The molecule has 0 bridgehead atoms. The molecule has 1 aliphatic carbocycles. The van der Waals surface area contributed by atoms with Crippen LogP contribution in [-0.2, 0) is 31.6 Å². The quantitative estimate of drug-likeness (QED) is 0.548. The first-order valence-corrected chi connectivity index (χ1v) is 11.0. The number of amides is 1. The molecule has 0 unspecified atom stereocenters. The molecule has 0 aromatic heterocycles. The Morgan fingerprint density at radius 2 is 1.79 bits per heavy atom. The van der Waals surface area contributed by atoms with E-state index in [1.807, 2.05) is 19.1 Å². The number of nitrogens with zero attached hydrogens (tertiary/aromatic N) is 2. The number of likely N-dealkylation sites (N-methyl/N-ethyl adjacent to an activating group) is 1. The molecular weight excluding hydrogens is 380 g/mol. The van der Waals surface area contributed by atoms with Crippen LogP contribution in [0.1, 0.15) is 36.5 Å². The molecular formula is C20H20N2O5S. The summed E-state index contributed by atoms with van der Waals surface area (Å²) in [4.78, 5) is 24.8. The number of carbonyl (C=O) groups is 1. The third kappa shape index (κ3) is 3.07. The summed E-state index contributed by atoms with van der Waals surface area (Å²) >= 11 is 0. The third-order valence-electron chi connectivity index (χ3n) is 5.48. The van der Waals surface area contributed by atoms with Gasteiger partial charge < -0.3 is 4.90 Å². The Hall–Kier alpha value is -2.74.